The van der Waals surface area contributed by atoms with Crippen LogP contribution in [-0.2, 0) is 41.6 Å². The van der Waals surface area contributed by atoms with Crippen molar-refractivity contribution in [3.63, 3.8) is 0 Å². The third kappa shape index (κ3) is 20.2. The quantitative estimate of drug-likeness (QED) is 0.0298. The standard InChI is InChI=1S/C42H66N12O8/c1-24(2)20-32(52-35(56)29(43)22-26-10-6-5-7-11-26)37(58)53-33(21-25(3)4)38(59)54-34(23-27-14-16-28(55)17-15-27)39(60)50-30(12-8-18-48-41(44)45)36(57)51-31(40(61)62)13-9-19-49-42(46)47/h5-7,10-11,14-17,24-25,29-34,55H,8-9,12-13,18-23,43H2,1-4H3,(H,50,60)(H,51,57)(H,52,56)(H,53,58)(H,54,59)(H,61,62)(H4,44,45,48)(H4,46,47,49)/t29-,30-,31-,32-,33-,34-/m0/s1. The third-order valence-electron chi connectivity index (χ3n) is 9.46. The average Bonchev–Trinajstić information content (AvgIpc) is 3.19. The maximum atomic E-state index is 14.2. The molecule has 0 aromatic heterocycles. The van der Waals surface area contributed by atoms with E-state index in [1.807, 2.05) is 58.0 Å². The number of benzene rings is 2. The van der Waals surface area contributed by atoms with Crippen molar-refractivity contribution in [2.24, 2.45) is 50.5 Å². The van der Waals surface area contributed by atoms with E-state index < -0.39 is 71.8 Å². The van der Waals surface area contributed by atoms with Crippen molar-refractivity contribution in [3.8, 4) is 5.75 Å². The Hall–Kier alpha value is -6.44. The van der Waals surface area contributed by atoms with E-state index in [9.17, 15) is 39.0 Å². The second-order valence-electron chi connectivity index (χ2n) is 16.0. The first-order chi connectivity index (χ1) is 29.2. The molecule has 62 heavy (non-hydrogen) atoms. The minimum Gasteiger partial charge on any atom is -0.508 e. The highest BCUT2D eigenvalue weighted by Gasteiger charge is 2.33. The van der Waals surface area contributed by atoms with Gasteiger partial charge >= 0.3 is 5.97 Å². The number of nitrogens with zero attached hydrogens (tertiary/aromatic N) is 2. The number of carbonyl (C=O) groups excluding carboxylic acids is 5. The first kappa shape index (κ1) is 51.7. The third-order valence-corrected chi connectivity index (χ3v) is 9.46. The van der Waals surface area contributed by atoms with Gasteiger partial charge in [-0.05, 0) is 80.0 Å². The van der Waals surface area contributed by atoms with E-state index >= 15 is 0 Å². The van der Waals surface area contributed by atoms with Gasteiger partial charge in [0, 0.05) is 19.5 Å². The zero-order chi connectivity index (χ0) is 46.4. The van der Waals surface area contributed by atoms with Crippen LogP contribution in [0.2, 0.25) is 0 Å². The van der Waals surface area contributed by atoms with Crippen LogP contribution in [0.1, 0.15) is 77.3 Å². The van der Waals surface area contributed by atoms with Gasteiger partial charge in [0.25, 0.3) is 0 Å². The van der Waals surface area contributed by atoms with Crippen LogP contribution in [0.5, 0.6) is 5.75 Å². The first-order valence-corrected chi connectivity index (χ1v) is 20.7. The summed E-state index contributed by atoms with van der Waals surface area (Å²) < 4.78 is 0. The summed E-state index contributed by atoms with van der Waals surface area (Å²) in [6, 6.07) is 7.94. The number of carbonyl (C=O) groups is 6. The van der Waals surface area contributed by atoms with Crippen molar-refractivity contribution in [1.82, 2.24) is 26.6 Å². The Morgan fingerprint density at radius 2 is 0.952 bits per heavy atom. The first-order valence-electron chi connectivity index (χ1n) is 20.7. The molecule has 20 heteroatoms. The molecule has 17 N–H and O–H groups in total. The predicted octanol–water partition coefficient (Wildman–Crippen LogP) is -0.787. The van der Waals surface area contributed by atoms with Crippen LogP contribution in [-0.4, -0.2) is 107 Å². The molecule has 0 bridgehead atoms. The lowest BCUT2D eigenvalue weighted by atomic mass is 9.98. The number of rotatable bonds is 27. The van der Waals surface area contributed by atoms with E-state index in [2.05, 4.69) is 36.6 Å². The van der Waals surface area contributed by atoms with Crippen LogP contribution < -0.4 is 55.3 Å². The molecule has 0 saturated heterocycles. The van der Waals surface area contributed by atoms with E-state index in [-0.39, 0.29) is 94.0 Å². The largest absolute Gasteiger partial charge is 0.508 e. The second-order valence-corrected chi connectivity index (χ2v) is 16.0. The number of aliphatic carboxylic acids is 1. The SMILES string of the molecule is CC(C)C[C@H](NC(=O)[C@H](CC(C)C)NC(=O)[C@@H](N)Cc1ccccc1)C(=O)N[C@@H](Cc1ccc(O)cc1)C(=O)N[C@@H](CCCN=C(N)N)C(=O)N[C@@H](CCCN=C(N)N)C(=O)O. The number of carboxylic acids is 1. The van der Waals surface area contributed by atoms with Crippen LogP contribution in [0.15, 0.2) is 64.6 Å². The van der Waals surface area contributed by atoms with E-state index in [1.165, 1.54) is 12.1 Å². The summed E-state index contributed by atoms with van der Waals surface area (Å²) in [4.78, 5) is 89.0. The predicted molar refractivity (Wildman–Crippen MR) is 236 cm³/mol. The Labute approximate surface area is 362 Å². The van der Waals surface area contributed by atoms with Gasteiger partial charge in [-0.25, -0.2) is 4.79 Å². The maximum absolute atomic E-state index is 14.2. The van der Waals surface area contributed by atoms with Crippen molar-refractivity contribution >= 4 is 47.4 Å². The fraction of sp³-hybridized carbons (Fsp3) is 0.524. The zero-order valence-electron chi connectivity index (χ0n) is 36.0. The number of hydrogen-bond acceptors (Lipinski definition) is 10. The lowest BCUT2D eigenvalue weighted by Gasteiger charge is -2.28. The van der Waals surface area contributed by atoms with E-state index in [0.29, 0.717) is 5.56 Å². The molecule has 2 aromatic rings. The average molecular weight is 867 g/mol. The van der Waals surface area contributed by atoms with Crippen molar-refractivity contribution in [3.05, 3.63) is 65.7 Å². The minimum atomic E-state index is -1.36. The van der Waals surface area contributed by atoms with Crippen LogP contribution in [0.25, 0.3) is 0 Å². The van der Waals surface area contributed by atoms with Crippen molar-refractivity contribution in [2.45, 2.75) is 115 Å². The maximum Gasteiger partial charge on any atom is 0.326 e. The Morgan fingerprint density at radius 1 is 0.548 bits per heavy atom. The molecule has 0 fully saturated rings. The number of phenols is 1. The normalized spacial score (nSPS) is 13.9. The molecule has 2 rings (SSSR count). The molecule has 0 aliphatic heterocycles. The Morgan fingerprint density at radius 3 is 1.44 bits per heavy atom. The minimum absolute atomic E-state index is 0.0292. The Kier molecular flexibility index (Phi) is 22.3. The molecular formula is C42H66N12O8. The molecule has 0 spiro atoms. The van der Waals surface area contributed by atoms with Gasteiger partial charge in [0.2, 0.25) is 29.5 Å². The highest BCUT2D eigenvalue weighted by Crippen LogP contribution is 2.14. The molecule has 0 aliphatic carbocycles. The molecule has 0 saturated carbocycles. The Balaban J connectivity index is 2.40. The smallest absolute Gasteiger partial charge is 0.326 e. The lowest BCUT2D eigenvalue weighted by Crippen LogP contribution is -2.60. The fourth-order valence-electron chi connectivity index (χ4n) is 6.34. The van der Waals surface area contributed by atoms with Crippen molar-refractivity contribution in [1.29, 1.82) is 0 Å². The number of guanidine groups is 2. The van der Waals surface area contributed by atoms with Gasteiger partial charge in [-0.2, -0.15) is 0 Å². The number of carboxylic acid groups (broad SMARTS) is 1. The number of aromatic hydroxyl groups is 1. The van der Waals surface area contributed by atoms with Gasteiger partial charge in [0.15, 0.2) is 11.9 Å². The van der Waals surface area contributed by atoms with E-state index in [1.54, 1.807) is 12.1 Å². The van der Waals surface area contributed by atoms with Gasteiger partial charge in [-0.1, -0.05) is 70.2 Å². The molecule has 6 atom stereocenters. The van der Waals surface area contributed by atoms with Crippen LogP contribution >= 0.6 is 0 Å². The summed E-state index contributed by atoms with van der Waals surface area (Å²) >= 11 is 0. The number of hydrogen-bond donors (Lipinski definition) is 12. The summed E-state index contributed by atoms with van der Waals surface area (Å²) in [6.07, 6.45) is 0.871. The number of amides is 5. The molecular weight excluding hydrogens is 801 g/mol. The van der Waals surface area contributed by atoms with Crippen LogP contribution in [0, 0.1) is 11.8 Å². The molecule has 0 aliphatic rings. The lowest BCUT2D eigenvalue weighted by molar-refractivity contribution is -0.142. The van der Waals surface area contributed by atoms with Gasteiger partial charge in [-0.3, -0.25) is 34.0 Å². The number of nitrogens with one attached hydrogen (secondary N) is 5. The molecule has 5 amide bonds. The van der Waals surface area contributed by atoms with Gasteiger partial charge in [0.1, 0.15) is 36.0 Å². The van der Waals surface area contributed by atoms with Gasteiger partial charge < -0.3 is 65.5 Å². The number of nitrogens with two attached hydrogens (primary N) is 5. The van der Waals surface area contributed by atoms with Crippen molar-refractivity contribution < 1.29 is 39.0 Å². The highest BCUT2D eigenvalue weighted by atomic mass is 16.4. The summed E-state index contributed by atoms with van der Waals surface area (Å²) in [5.41, 5.74) is 29.2. The molecule has 342 valence electrons. The molecule has 20 nitrogen and oxygen atoms in total. The number of phenolic OH excluding ortho intramolecular Hbond substituents is 1. The molecule has 0 radical (unpaired) electrons. The van der Waals surface area contributed by atoms with Gasteiger partial charge in [0.05, 0.1) is 6.04 Å². The molecule has 0 heterocycles. The molecule has 0 unspecified atom stereocenters. The highest BCUT2D eigenvalue weighted by molar-refractivity contribution is 5.96. The monoisotopic (exact) mass is 867 g/mol. The van der Waals surface area contributed by atoms with E-state index in [0.717, 1.165) is 5.56 Å². The number of aliphatic imine (C=N–C) groups is 2. The summed E-state index contributed by atoms with van der Waals surface area (Å²) in [7, 11) is 0. The fourth-order valence-corrected chi connectivity index (χ4v) is 6.34. The van der Waals surface area contributed by atoms with Crippen molar-refractivity contribution in [2.75, 3.05) is 13.1 Å². The van der Waals surface area contributed by atoms with Crippen LogP contribution in [0.3, 0.4) is 0 Å². The topological polar surface area (TPSA) is 358 Å². The summed E-state index contributed by atoms with van der Waals surface area (Å²) in [6.45, 7) is 7.66. The van der Waals surface area contributed by atoms with Crippen LogP contribution in [0.4, 0.5) is 0 Å². The zero-order valence-corrected chi connectivity index (χ0v) is 36.0. The summed E-state index contributed by atoms with van der Waals surface area (Å²) in [5, 5.41) is 33.2. The van der Waals surface area contributed by atoms with E-state index in [4.69, 9.17) is 28.7 Å². The summed E-state index contributed by atoms with van der Waals surface area (Å²) in [5.74, 6) is -5.38. The van der Waals surface area contributed by atoms with Gasteiger partial charge in [-0.15, -0.1) is 0 Å². The Bertz CT molecular complexity index is 1820. The molecule has 2 aromatic carbocycles. The second kappa shape index (κ2) is 26.7.